The summed E-state index contributed by atoms with van der Waals surface area (Å²) in [5.41, 5.74) is 8.26. The zero-order valence-corrected chi connectivity index (χ0v) is 17.2. The Morgan fingerprint density at radius 3 is 2.25 bits per heavy atom. The maximum Gasteiger partial charge on any atom is 0.323 e. The van der Waals surface area contributed by atoms with Crippen molar-refractivity contribution in [1.82, 2.24) is 15.0 Å². The van der Waals surface area contributed by atoms with Crippen molar-refractivity contribution < 1.29 is 13.9 Å². The van der Waals surface area contributed by atoms with Crippen molar-refractivity contribution in [3.8, 4) is 22.9 Å². The molecule has 2 aromatic carbocycles. The predicted molar refractivity (Wildman–Crippen MR) is 120 cm³/mol. The van der Waals surface area contributed by atoms with E-state index in [1.54, 1.807) is 18.2 Å². The molecular weight excluding hydrogens is 435 g/mol. The van der Waals surface area contributed by atoms with Gasteiger partial charge in [-0.2, -0.15) is 0 Å². The average molecular weight is 451 g/mol. The third-order valence-corrected chi connectivity index (χ3v) is 4.45. The maximum absolute atomic E-state index is 12.9. The van der Waals surface area contributed by atoms with Gasteiger partial charge in [0.25, 0.3) is 0 Å². The normalized spacial score (nSPS) is 10.4. The molecule has 4 aromatic rings. The number of urea groups is 1. The molecule has 0 bridgehead atoms. The molecule has 0 fully saturated rings. The van der Waals surface area contributed by atoms with Gasteiger partial charge in [-0.25, -0.2) is 24.1 Å². The highest BCUT2D eigenvalue weighted by Gasteiger charge is 2.08. The number of carbonyl (C=O) groups excluding carboxylic acids is 1. The smallest absolute Gasteiger partial charge is 0.323 e. The molecule has 4 rings (SSSR count). The number of hydrogen-bond acceptors (Lipinski definition) is 6. The Morgan fingerprint density at radius 1 is 0.906 bits per heavy atom. The molecule has 0 aliphatic heterocycles. The number of pyridine rings is 1. The highest BCUT2D eigenvalue weighted by molar-refractivity contribution is 6.30. The molecule has 0 atom stereocenters. The first-order chi connectivity index (χ1) is 15.5. The number of nitrogen functional groups attached to an aromatic ring is 1. The summed E-state index contributed by atoms with van der Waals surface area (Å²) >= 11 is 5.99. The van der Waals surface area contributed by atoms with E-state index in [4.69, 9.17) is 22.1 Å². The van der Waals surface area contributed by atoms with Gasteiger partial charge in [-0.1, -0.05) is 23.7 Å². The van der Waals surface area contributed by atoms with Crippen molar-refractivity contribution in [2.75, 3.05) is 16.4 Å². The van der Waals surface area contributed by atoms with Crippen LogP contribution >= 0.6 is 11.6 Å². The van der Waals surface area contributed by atoms with Crippen LogP contribution in [-0.2, 0) is 0 Å². The molecule has 8 nitrogen and oxygen atoms in total. The number of anilines is 3. The number of benzene rings is 2. The monoisotopic (exact) mass is 450 g/mol. The first kappa shape index (κ1) is 21.0. The molecule has 0 aliphatic rings. The van der Waals surface area contributed by atoms with Gasteiger partial charge in [0.2, 0.25) is 0 Å². The second-order valence-corrected chi connectivity index (χ2v) is 6.99. The molecule has 0 unspecified atom stereocenters. The minimum absolute atomic E-state index is 0.103. The number of hydrogen-bond donors (Lipinski definition) is 3. The highest BCUT2D eigenvalue weighted by Crippen LogP contribution is 2.29. The fourth-order valence-corrected chi connectivity index (χ4v) is 2.91. The molecular formula is C22H16ClFN6O2. The second-order valence-electron chi connectivity index (χ2n) is 6.55. The quantitative estimate of drug-likeness (QED) is 0.377. The third-order valence-electron chi connectivity index (χ3n) is 4.25. The molecule has 0 spiro atoms. The number of nitrogens with one attached hydrogen (secondary N) is 2. The van der Waals surface area contributed by atoms with Crippen LogP contribution in [0.4, 0.5) is 26.4 Å². The lowest BCUT2D eigenvalue weighted by atomic mass is 10.1. The Labute approximate surface area is 187 Å². The van der Waals surface area contributed by atoms with Gasteiger partial charge in [0.1, 0.15) is 17.4 Å². The molecule has 10 heteroatoms. The van der Waals surface area contributed by atoms with E-state index in [1.165, 1.54) is 42.9 Å². The summed E-state index contributed by atoms with van der Waals surface area (Å²) in [6.45, 7) is 0. The van der Waals surface area contributed by atoms with E-state index < -0.39 is 6.03 Å². The number of rotatable bonds is 5. The molecule has 0 radical (unpaired) electrons. The highest BCUT2D eigenvalue weighted by atomic mass is 35.5. The fraction of sp³-hybridized carbons (Fsp3) is 0. The van der Waals surface area contributed by atoms with Gasteiger partial charge in [-0.15, -0.1) is 0 Å². The Hall–Kier alpha value is -4.24. The Morgan fingerprint density at radius 2 is 1.56 bits per heavy atom. The summed E-state index contributed by atoms with van der Waals surface area (Å²) in [6.07, 6.45) is 4.29. The summed E-state index contributed by atoms with van der Waals surface area (Å²) < 4.78 is 18.6. The van der Waals surface area contributed by atoms with Crippen molar-refractivity contribution in [2.45, 2.75) is 0 Å². The van der Waals surface area contributed by atoms with Gasteiger partial charge in [0.15, 0.2) is 0 Å². The largest absolute Gasteiger partial charge is 0.424 e. The fourth-order valence-electron chi connectivity index (χ4n) is 2.75. The summed E-state index contributed by atoms with van der Waals surface area (Å²) in [7, 11) is 0. The number of halogens is 2. The molecule has 0 aliphatic carbocycles. The van der Waals surface area contributed by atoms with Crippen LogP contribution in [0.3, 0.4) is 0 Å². The van der Waals surface area contributed by atoms with E-state index in [0.717, 1.165) is 11.1 Å². The maximum atomic E-state index is 12.9. The Kier molecular flexibility index (Phi) is 6.09. The molecule has 2 aromatic heterocycles. The van der Waals surface area contributed by atoms with Crippen molar-refractivity contribution in [2.24, 2.45) is 0 Å². The number of amides is 2. The van der Waals surface area contributed by atoms with Gasteiger partial charge in [-0.3, -0.25) is 0 Å². The first-order valence-corrected chi connectivity index (χ1v) is 9.69. The van der Waals surface area contributed by atoms with E-state index in [9.17, 15) is 9.18 Å². The lowest BCUT2D eigenvalue weighted by Gasteiger charge is -2.09. The van der Waals surface area contributed by atoms with Crippen molar-refractivity contribution in [1.29, 1.82) is 0 Å². The zero-order chi connectivity index (χ0) is 22.5. The predicted octanol–water partition coefficient (Wildman–Crippen LogP) is 5.35. The van der Waals surface area contributed by atoms with Crippen molar-refractivity contribution in [3.05, 3.63) is 84.0 Å². The van der Waals surface area contributed by atoms with Gasteiger partial charge in [0.05, 0.1) is 23.1 Å². The van der Waals surface area contributed by atoms with E-state index >= 15 is 0 Å². The van der Waals surface area contributed by atoms with Gasteiger partial charge in [-0.05, 0) is 48.0 Å². The molecule has 0 saturated heterocycles. The third kappa shape index (κ3) is 5.27. The number of ether oxygens (including phenoxy) is 1. The molecule has 160 valence electrons. The molecule has 32 heavy (non-hydrogen) atoms. The van der Waals surface area contributed by atoms with E-state index in [1.807, 2.05) is 12.1 Å². The van der Waals surface area contributed by atoms with Crippen LogP contribution in [0.5, 0.6) is 11.8 Å². The van der Waals surface area contributed by atoms with Gasteiger partial charge >= 0.3 is 12.0 Å². The van der Waals surface area contributed by atoms with Crippen LogP contribution in [-0.4, -0.2) is 21.0 Å². The van der Waals surface area contributed by atoms with Gasteiger partial charge in [0, 0.05) is 17.4 Å². The molecule has 0 saturated carbocycles. The minimum Gasteiger partial charge on any atom is -0.424 e. The summed E-state index contributed by atoms with van der Waals surface area (Å²) in [4.78, 5) is 24.2. The summed E-state index contributed by atoms with van der Waals surface area (Å²) in [6, 6.07) is 13.8. The number of aromatic nitrogens is 3. The Balaban J connectivity index is 1.36. The van der Waals surface area contributed by atoms with Gasteiger partial charge < -0.3 is 21.1 Å². The lowest BCUT2D eigenvalue weighted by Crippen LogP contribution is -2.19. The van der Waals surface area contributed by atoms with E-state index in [-0.39, 0.29) is 11.8 Å². The topological polar surface area (TPSA) is 115 Å². The van der Waals surface area contributed by atoms with Crippen LogP contribution in [0.1, 0.15) is 0 Å². The van der Waals surface area contributed by atoms with E-state index in [2.05, 4.69) is 25.6 Å². The van der Waals surface area contributed by atoms with Crippen LogP contribution in [0, 0.1) is 5.82 Å². The number of nitrogens with two attached hydrogens (primary N) is 1. The first-order valence-electron chi connectivity index (χ1n) is 9.31. The molecule has 2 heterocycles. The van der Waals surface area contributed by atoms with Crippen LogP contribution in [0.2, 0.25) is 5.02 Å². The van der Waals surface area contributed by atoms with Crippen LogP contribution in [0.15, 0.2) is 73.2 Å². The zero-order valence-electron chi connectivity index (χ0n) is 16.4. The lowest BCUT2D eigenvalue weighted by molar-refractivity contribution is 0.262. The molecule has 2 amide bonds. The number of nitrogens with zero attached hydrogens (tertiary/aromatic N) is 3. The minimum atomic E-state index is -0.515. The van der Waals surface area contributed by atoms with Crippen molar-refractivity contribution >= 4 is 34.8 Å². The number of carbonyl (C=O) groups is 1. The summed E-state index contributed by atoms with van der Waals surface area (Å²) in [5, 5.41) is 5.64. The average Bonchev–Trinajstić information content (AvgIpc) is 2.79. The molecule has 4 N–H and O–H groups in total. The SMILES string of the molecule is Nc1ncc(Cl)cc1-c1ccc(Oc2ncc(NC(=O)Nc3ccc(F)cc3)cn2)cc1. The Bertz CT molecular complexity index is 1240. The second kappa shape index (κ2) is 9.27. The van der Waals surface area contributed by atoms with Crippen molar-refractivity contribution in [3.63, 3.8) is 0 Å². The summed E-state index contributed by atoms with van der Waals surface area (Å²) in [5.74, 6) is 0.496. The van der Waals surface area contributed by atoms with E-state index in [0.29, 0.717) is 28.0 Å². The standard InChI is InChI=1S/C22H16ClFN6O2/c23-14-9-19(20(25)26-10-14)13-1-7-18(8-2-13)32-22-27-11-17(12-28-22)30-21(31)29-16-5-3-15(24)4-6-16/h1-12H,(H2,25,26)(H2,29,30,31). The van der Waals surface area contributed by atoms with Crippen LogP contribution in [0.25, 0.3) is 11.1 Å². The van der Waals surface area contributed by atoms with Crippen LogP contribution < -0.4 is 21.1 Å².